The Kier molecular flexibility index (Phi) is 2.82. The summed E-state index contributed by atoms with van der Waals surface area (Å²) in [6.45, 7) is 0. The number of likely N-dealkylation sites (tertiary alicyclic amines) is 1. The lowest BCUT2D eigenvalue weighted by atomic mass is 10.1. The third kappa shape index (κ3) is 2.05. The van der Waals surface area contributed by atoms with Gasteiger partial charge in [0.2, 0.25) is 0 Å². The van der Waals surface area contributed by atoms with Crippen molar-refractivity contribution in [2.75, 3.05) is 0 Å². The number of imidazole rings is 1. The molecule has 21 heavy (non-hydrogen) atoms. The molecule has 108 valence electrons. The maximum absolute atomic E-state index is 11.5. The van der Waals surface area contributed by atoms with Crippen LogP contribution in [-0.2, 0) is 0 Å². The average Bonchev–Trinajstić information content (AvgIpc) is 2.91. The number of hydrogen-bond donors (Lipinski definition) is 1. The van der Waals surface area contributed by atoms with E-state index in [0.29, 0.717) is 5.92 Å². The molecule has 1 aromatic carbocycles. The molecule has 0 radical (unpaired) electrons. The number of hydrogen-bond acceptors (Lipinski definition) is 2. The molecule has 0 spiro atoms. The average molecular weight is 348 g/mol. The smallest absolute Gasteiger partial charge is 0.408 e. The first-order valence-electron chi connectivity index (χ1n) is 6.95. The zero-order valence-electron chi connectivity index (χ0n) is 11.2. The third-order valence-electron chi connectivity index (χ3n) is 4.40. The van der Waals surface area contributed by atoms with E-state index in [1.807, 2.05) is 35.0 Å². The first-order chi connectivity index (χ1) is 10.1. The lowest BCUT2D eigenvalue weighted by Gasteiger charge is -2.25. The fourth-order valence-electron chi connectivity index (χ4n) is 3.34. The van der Waals surface area contributed by atoms with Gasteiger partial charge in [-0.25, -0.2) is 9.78 Å². The largest absolute Gasteiger partial charge is 0.465 e. The van der Waals surface area contributed by atoms with E-state index in [4.69, 9.17) is 0 Å². The normalized spacial score (nSPS) is 26.7. The monoisotopic (exact) mass is 347 g/mol. The Morgan fingerprint density at radius 3 is 2.76 bits per heavy atom. The van der Waals surface area contributed by atoms with Crippen molar-refractivity contribution in [3.63, 3.8) is 0 Å². The molecular weight excluding hydrogens is 334 g/mol. The Morgan fingerprint density at radius 2 is 2.05 bits per heavy atom. The van der Waals surface area contributed by atoms with E-state index < -0.39 is 6.09 Å². The van der Waals surface area contributed by atoms with E-state index in [-0.39, 0.29) is 12.1 Å². The van der Waals surface area contributed by atoms with E-state index in [9.17, 15) is 9.90 Å². The van der Waals surface area contributed by atoms with Gasteiger partial charge in [-0.1, -0.05) is 15.9 Å². The van der Waals surface area contributed by atoms with Crippen LogP contribution < -0.4 is 0 Å². The van der Waals surface area contributed by atoms with Crippen LogP contribution in [0.3, 0.4) is 0 Å². The minimum Gasteiger partial charge on any atom is -0.465 e. The molecule has 4 rings (SSSR count). The number of rotatable bonds is 2. The predicted molar refractivity (Wildman–Crippen MR) is 80.4 cm³/mol. The molecule has 1 saturated heterocycles. The van der Waals surface area contributed by atoms with Crippen LogP contribution in [0.4, 0.5) is 4.79 Å². The highest BCUT2D eigenvalue weighted by Gasteiger charge is 2.55. The zero-order valence-corrected chi connectivity index (χ0v) is 12.8. The van der Waals surface area contributed by atoms with E-state index in [2.05, 4.69) is 20.9 Å². The number of halogens is 1. The number of aromatic nitrogens is 2. The first-order valence-corrected chi connectivity index (χ1v) is 7.75. The van der Waals surface area contributed by atoms with Crippen LogP contribution in [0.5, 0.6) is 0 Å². The van der Waals surface area contributed by atoms with Gasteiger partial charge in [-0.2, -0.15) is 0 Å². The Balaban J connectivity index is 1.72. The summed E-state index contributed by atoms with van der Waals surface area (Å²) in [6.07, 6.45) is 4.67. The van der Waals surface area contributed by atoms with Gasteiger partial charge < -0.3 is 9.67 Å². The fraction of sp³-hybridized carbons (Fsp3) is 0.333. The van der Waals surface area contributed by atoms with Gasteiger partial charge in [0, 0.05) is 28.6 Å². The number of carbonyl (C=O) groups is 1. The van der Waals surface area contributed by atoms with E-state index in [1.165, 1.54) is 0 Å². The van der Waals surface area contributed by atoms with Crippen molar-refractivity contribution < 1.29 is 9.90 Å². The summed E-state index contributed by atoms with van der Waals surface area (Å²) in [5.41, 5.74) is 0.997. The summed E-state index contributed by atoms with van der Waals surface area (Å²) in [7, 11) is 0. The minimum absolute atomic E-state index is 0.134. The van der Waals surface area contributed by atoms with Crippen molar-refractivity contribution in [2.24, 2.45) is 5.92 Å². The maximum Gasteiger partial charge on any atom is 0.408 e. The van der Waals surface area contributed by atoms with E-state index in [1.54, 1.807) is 11.1 Å². The number of carboxylic acid groups (broad SMARTS) is 1. The second-order valence-corrected chi connectivity index (χ2v) is 6.55. The predicted octanol–water partition coefficient (Wildman–Crippen LogP) is 3.45. The Morgan fingerprint density at radius 1 is 1.29 bits per heavy atom. The number of piperidine rings is 1. The quantitative estimate of drug-likeness (QED) is 0.904. The number of amides is 1. The fourth-order valence-corrected chi connectivity index (χ4v) is 3.61. The Hall–Kier alpha value is -1.82. The molecule has 2 heterocycles. The summed E-state index contributed by atoms with van der Waals surface area (Å²) in [5, 5.41) is 9.46. The molecule has 6 heteroatoms. The molecule has 2 aliphatic rings. The topological polar surface area (TPSA) is 58.4 Å². The highest BCUT2D eigenvalue weighted by Crippen LogP contribution is 2.53. The summed E-state index contributed by atoms with van der Waals surface area (Å²) < 4.78 is 3.00. The van der Waals surface area contributed by atoms with Gasteiger partial charge in [0.05, 0.1) is 6.04 Å². The highest BCUT2D eigenvalue weighted by atomic mass is 79.9. The Labute approximate surface area is 130 Å². The summed E-state index contributed by atoms with van der Waals surface area (Å²) in [4.78, 5) is 17.5. The van der Waals surface area contributed by atoms with Gasteiger partial charge in [-0.15, -0.1) is 0 Å². The standard InChI is InChI=1S/C15H14BrN3O2/c16-10-1-3-11(4-2-10)18-6-5-17-14(18)13-8-9-7-12(9)19(13)15(20)21/h1-6,9,12-13H,7-8H2,(H,20,21). The van der Waals surface area contributed by atoms with Gasteiger partial charge in [0.15, 0.2) is 0 Å². The summed E-state index contributed by atoms with van der Waals surface area (Å²) in [5.74, 6) is 1.33. The molecule has 3 unspecified atom stereocenters. The molecule has 1 saturated carbocycles. The van der Waals surface area contributed by atoms with Gasteiger partial charge in [-0.05, 0) is 43.0 Å². The SMILES string of the molecule is O=C(O)N1C(c2nccn2-c2ccc(Br)cc2)CC2CC21. The molecule has 2 aromatic rings. The molecule has 1 N–H and O–H groups in total. The summed E-state index contributed by atoms with van der Waals surface area (Å²) >= 11 is 3.42. The molecule has 1 aromatic heterocycles. The molecule has 1 aliphatic heterocycles. The summed E-state index contributed by atoms with van der Waals surface area (Å²) in [6, 6.07) is 8.00. The first kappa shape index (κ1) is 12.9. The molecule has 5 nitrogen and oxygen atoms in total. The second kappa shape index (κ2) is 4.59. The Bertz CT molecular complexity index is 697. The van der Waals surface area contributed by atoms with Gasteiger partial charge >= 0.3 is 6.09 Å². The number of fused-ring (bicyclic) bond motifs is 1. The van der Waals surface area contributed by atoms with E-state index >= 15 is 0 Å². The van der Waals surface area contributed by atoms with Crippen LogP contribution >= 0.6 is 15.9 Å². The van der Waals surface area contributed by atoms with Gasteiger partial charge in [-0.3, -0.25) is 4.90 Å². The molecule has 0 bridgehead atoms. The van der Waals surface area contributed by atoms with Crippen molar-refractivity contribution in [1.29, 1.82) is 0 Å². The van der Waals surface area contributed by atoms with Gasteiger partial charge in [0.1, 0.15) is 5.82 Å². The number of nitrogens with zero attached hydrogens (tertiary/aromatic N) is 3. The van der Waals surface area contributed by atoms with Crippen molar-refractivity contribution in [3.8, 4) is 5.69 Å². The lowest BCUT2D eigenvalue weighted by Crippen LogP contribution is -2.33. The van der Waals surface area contributed by atoms with Crippen molar-refractivity contribution >= 4 is 22.0 Å². The van der Waals surface area contributed by atoms with Crippen molar-refractivity contribution in [3.05, 3.63) is 47.0 Å². The lowest BCUT2D eigenvalue weighted by molar-refractivity contribution is 0.128. The molecule has 1 aliphatic carbocycles. The van der Waals surface area contributed by atoms with Gasteiger partial charge in [0.25, 0.3) is 0 Å². The van der Waals surface area contributed by atoms with Crippen LogP contribution in [0, 0.1) is 5.92 Å². The zero-order chi connectivity index (χ0) is 14.6. The molecule has 1 amide bonds. The van der Waals surface area contributed by atoms with E-state index in [0.717, 1.165) is 28.8 Å². The van der Waals surface area contributed by atoms with Crippen LogP contribution in [0.15, 0.2) is 41.1 Å². The highest BCUT2D eigenvalue weighted by molar-refractivity contribution is 9.10. The van der Waals surface area contributed by atoms with Crippen LogP contribution in [0.25, 0.3) is 5.69 Å². The molecule has 2 fully saturated rings. The third-order valence-corrected chi connectivity index (χ3v) is 4.93. The minimum atomic E-state index is -0.838. The second-order valence-electron chi connectivity index (χ2n) is 5.64. The maximum atomic E-state index is 11.5. The van der Waals surface area contributed by atoms with Crippen molar-refractivity contribution in [2.45, 2.75) is 24.9 Å². The van der Waals surface area contributed by atoms with Crippen LogP contribution in [0.1, 0.15) is 24.7 Å². The molecular formula is C15H14BrN3O2. The van der Waals surface area contributed by atoms with Crippen LogP contribution in [0.2, 0.25) is 0 Å². The van der Waals surface area contributed by atoms with Crippen molar-refractivity contribution in [1.82, 2.24) is 14.5 Å². The van der Waals surface area contributed by atoms with Crippen LogP contribution in [-0.4, -0.2) is 31.7 Å². The molecule has 3 atom stereocenters. The number of benzene rings is 1.